The van der Waals surface area contributed by atoms with Gasteiger partial charge in [-0.2, -0.15) is 13.2 Å². The first kappa shape index (κ1) is 16.0. The third-order valence-electron chi connectivity index (χ3n) is 3.33. The Hall–Kier alpha value is -1.35. The van der Waals surface area contributed by atoms with Crippen LogP contribution in [0.15, 0.2) is 5.38 Å². The molecule has 3 N–H and O–H groups in total. The van der Waals surface area contributed by atoms with E-state index >= 15 is 0 Å². The van der Waals surface area contributed by atoms with Gasteiger partial charge in [-0.3, -0.25) is 0 Å². The van der Waals surface area contributed by atoms with Gasteiger partial charge in [0.05, 0.1) is 10.6 Å². The zero-order chi connectivity index (χ0) is 15.5. The van der Waals surface area contributed by atoms with Crippen LogP contribution in [0.3, 0.4) is 0 Å². The summed E-state index contributed by atoms with van der Waals surface area (Å²) in [6.07, 6.45) is -1.90. The normalized spacial score (nSPS) is 17.1. The molecule has 0 bridgehead atoms. The van der Waals surface area contributed by atoms with E-state index in [2.05, 4.69) is 15.6 Å². The number of aromatic nitrogens is 1. The first-order valence-electron chi connectivity index (χ1n) is 6.54. The van der Waals surface area contributed by atoms with E-state index in [-0.39, 0.29) is 19.5 Å². The van der Waals surface area contributed by atoms with E-state index in [0.717, 1.165) is 23.1 Å². The number of nitrogens with zero attached hydrogens (tertiary/aromatic N) is 1. The predicted molar refractivity (Wildman–Crippen MR) is 71.0 cm³/mol. The molecule has 1 aromatic heterocycles. The van der Waals surface area contributed by atoms with Crippen molar-refractivity contribution >= 4 is 17.4 Å². The van der Waals surface area contributed by atoms with Crippen molar-refractivity contribution < 1.29 is 23.1 Å². The van der Waals surface area contributed by atoms with Crippen LogP contribution in [0.5, 0.6) is 0 Å². The van der Waals surface area contributed by atoms with E-state index in [9.17, 15) is 23.1 Å². The number of carbonyl (C=O) groups excluding carboxylic acids is 1. The number of hydrogen-bond donors (Lipinski definition) is 3. The summed E-state index contributed by atoms with van der Waals surface area (Å²) in [7, 11) is 0. The van der Waals surface area contributed by atoms with E-state index in [1.54, 1.807) is 0 Å². The molecule has 1 aliphatic rings. The standard InChI is InChI=1S/C12H16F3N3O2S/c13-12(14,15)8-6-21-9(18-8)2-5-16-10(19)17-7-11(20)3-1-4-11/h6,20H,1-5,7H2,(H2,16,17,19). The number of thiazole rings is 1. The van der Waals surface area contributed by atoms with Crippen molar-refractivity contribution in [2.75, 3.05) is 13.1 Å². The lowest BCUT2D eigenvalue weighted by Gasteiger charge is -2.36. The van der Waals surface area contributed by atoms with Crippen molar-refractivity contribution in [3.05, 3.63) is 16.1 Å². The van der Waals surface area contributed by atoms with Gasteiger partial charge in [-0.25, -0.2) is 9.78 Å². The molecule has 2 amide bonds. The van der Waals surface area contributed by atoms with Gasteiger partial charge in [0.15, 0.2) is 5.69 Å². The summed E-state index contributed by atoms with van der Waals surface area (Å²) < 4.78 is 37.0. The number of urea groups is 1. The van der Waals surface area contributed by atoms with Crippen molar-refractivity contribution in [1.82, 2.24) is 15.6 Å². The largest absolute Gasteiger partial charge is 0.434 e. The van der Waals surface area contributed by atoms with E-state index < -0.39 is 23.5 Å². The monoisotopic (exact) mass is 323 g/mol. The second-order valence-electron chi connectivity index (χ2n) is 5.06. The van der Waals surface area contributed by atoms with Crippen LogP contribution in [0, 0.1) is 0 Å². The molecule has 1 fully saturated rings. The molecule has 2 rings (SSSR count). The number of rotatable bonds is 5. The molecular weight excluding hydrogens is 307 g/mol. The highest BCUT2D eigenvalue weighted by atomic mass is 32.1. The fraction of sp³-hybridized carbons (Fsp3) is 0.667. The minimum Gasteiger partial charge on any atom is -0.388 e. The van der Waals surface area contributed by atoms with Crippen molar-refractivity contribution in [3.8, 4) is 0 Å². The molecule has 1 aliphatic carbocycles. The van der Waals surface area contributed by atoms with Crippen molar-refractivity contribution in [1.29, 1.82) is 0 Å². The third kappa shape index (κ3) is 4.57. The number of hydrogen-bond acceptors (Lipinski definition) is 4. The van der Waals surface area contributed by atoms with E-state index in [1.807, 2.05) is 0 Å². The van der Waals surface area contributed by atoms with E-state index in [4.69, 9.17) is 0 Å². The highest BCUT2D eigenvalue weighted by Gasteiger charge is 2.34. The zero-order valence-corrected chi connectivity index (χ0v) is 12.0. The number of halogens is 3. The summed E-state index contributed by atoms with van der Waals surface area (Å²) in [5, 5.41) is 16.1. The maximum atomic E-state index is 12.3. The molecule has 0 aliphatic heterocycles. The van der Waals surface area contributed by atoms with E-state index in [0.29, 0.717) is 17.8 Å². The number of amides is 2. The summed E-state index contributed by atoms with van der Waals surface area (Å²) in [5.74, 6) is 0. The van der Waals surface area contributed by atoms with Gasteiger partial charge in [0.25, 0.3) is 0 Å². The third-order valence-corrected chi connectivity index (χ3v) is 4.24. The Balaban J connectivity index is 1.67. The second kappa shape index (κ2) is 6.18. The molecule has 9 heteroatoms. The highest BCUT2D eigenvalue weighted by Crippen LogP contribution is 2.31. The molecule has 0 spiro atoms. The van der Waals surface area contributed by atoms with Gasteiger partial charge < -0.3 is 15.7 Å². The lowest BCUT2D eigenvalue weighted by molar-refractivity contribution is -0.140. The van der Waals surface area contributed by atoms with Crippen LogP contribution in [-0.2, 0) is 12.6 Å². The molecule has 0 aromatic carbocycles. The molecule has 0 atom stereocenters. The van der Waals surface area contributed by atoms with E-state index in [1.165, 1.54) is 0 Å². The Labute approximate surface area is 123 Å². The van der Waals surface area contributed by atoms with Crippen LogP contribution in [-0.4, -0.2) is 34.8 Å². The van der Waals surface area contributed by atoms with Gasteiger partial charge in [0, 0.05) is 24.9 Å². The summed E-state index contributed by atoms with van der Waals surface area (Å²) >= 11 is 0.916. The molecule has 0 radical (unpaired) electrons. The fourth-order valence-electron chi connectivity index (χ4n) is 1.91. The number of carbonyl (C=O) groups is 1. The number of nitrogens with one attached hydrogen (secondary N) is 2. The minimum absolute atomic E-state index is 0.189. The van der Waals surface area contributed by atoms with Gasteiger partial charge in [0.2, 0.25) is 0 Å². The number of alkyl halides is 3. The SMILES string of the molecule is O=C(NCCc1nc(C(F)(F)F)cs1)NCC1(O)CCC1. The van der Waals surface area contributed by atoms with Gasteiger partial charge >= 0.3 is 12.2 Å². The van der Waals surface area contributed by atoms with Crippen LogP contribution in [0.1, 0.15) is 30.0 Å². The molecule has 0 unspecified atom stereocenters. The molecule has 0 saturated heterocycles. The quantitative estimate of drug-likeness (QED) is 0.775. The maximum absolute atomic E-state index is 12.3. The average Bonchev–Trinajstić information content (AvgIpc) is 2.83. The first-order valence-corrected chi connectivity index (χ1v) is 7.42. The maximum Gasteiger partial charge on any atom is 0.434 e. The Morgan fingerprint density at radius 2 is 2.14 bits per heavy atom. The van der Waals surface area contributed by atoms with Crippen LogP contribution < -0.4 is 10.6 Å². The zero-order valence-electron chi connectivity index (χ0n) is 11.2. The second-order valence-corrected chi connectivity index (χ2v) is 6.00. The fourth-order valence-corrected chi connectivity index (χ4v) is 2.71. The molecule has 118 valence electrons. The summed E-state index contributed by atoms with van der Waals surface area (Å²) in [4.78, 5) is 14.9. The summed E-state index contributed by atoms with van der Waals surface area (Å²) in [6, 6.07) is -0.442. The topological polar surface area (TPSA) is 74.2 Å². The molecule has 21 heavy (non-hydrogen) atoms. The smallest absolute Gasteiger partial charge is 0.388 e. The van der Waals surface area contributed by atoms with Crippen LogP contribution in [0.25, 0.3) is 0 Å². The summed E-state index contributed by atoms with van der Waals surface area (Å²) in [5.41, 5.74) is -1.70. The molecule has 1 aromatic rings. The van der Waals surface area contributed by atoms with Crippen molar-refractivity contribution in [2.45, 2.75) is 37.5 Å². The lowest BCUT2D eigenvalue weighted by atomic mass is 9.80. The Kier molecular flexibility index (Phi) is 4.72. The Morgan fingerprint density at radius 3 is 2.67 bits per heavy atom. The van der Waals surface area contributed by atoms with Crippen LogP contribution in [0.4, 0.5) is 18.0 Å². The molecule has 1 saturated carbocycles. The van der Waals surface area contributed by atoms with Crippen LogP contribution in [0.2, 0.25) is 0 Å². The minimum atomic E-state index is -4.43. The highest BCUT2D eigenvalue weighted by molar-refractivity contribution is 7.09. The molecular formula is C12H16F3N3O2S. The Morgan fingerprint density at radius 1 is 1.43 bits per heavy atom. The Bertz CT molecular complexity index is 500. The van der Waals surface area contributed by atoms with Gasteiger partial charge in [-0.05, 0) is 19.3 Å². The lowest BCUT2D eigenvalue weighted by Crippen LogP contribution is -2.50. The van der Waals surface area contributed by atoms with Crippen molar-refractivity contribution in [2.24, 2.45) is 0 Å². The molecule has 1 heterocycles. The van der Waals surface area contributed by atoms with Gasteiger partial charge in [0.1, 0.15) is 0 Å². The average molecular weight is 323 g/mol. The van der Waals surface area contributed by atoms with Crippen molar-refractivity contribution in [3.63, 3.8) is 0 Å². The van der Waals surface area contributed by atoms with Gasteiger partial charge in [-0.1, -0.05) is 0 Å². The van der Waals surface area contributed by atoms with Crippen LogP contribution >= 0.6 is 11.3 Å². The summed E-state index contributed by atoms with van der Waals surface area (Å²) in [6.45, 7) is 0.378. The number of aliphatic hydroxyl groups is 1. The first-order chi connectivity index (χ1) is 9.78. The predicted octanol–water partition coefficient (Wildman–Crippen LogP) is 1.92. The van der Waals surface area contributed by atoms with Gasteiger partial charge in [-0.15, -0.1) is 11.3 Å². The molecule has 5 nitrogen and oxygen atoms in total.